The molecule has 1 amide bonds. The molecule has 0 bridgehead atoms. The van der Waals surface area contributed by atoms with Crippen LogP contribution in [0.5, 0.6) is 0 Å². The summed E-state index contributed by atoms with van der Waals surface area (Å²) in [6.07, 6.45) is 1.77. The average molecular weight is 290 g/mol. The van der Waals surface area contributed by atoms with Crippen molar-refractivity contribution in [3.05, 3.63) is 36.5 Å². The van der Waals surface area contributed by atoms with Crippen LogP contribution < -0.4 is 5.32 Å². The number of para-hydroxylation sites is 1. The van der Waals surface area contributed by atoms with Crippen LogP contribution in [0.3, 0.4) is 0 Å². The summed E-state index contributed by atoms with van der Waals surface area (Å²) in [6.45, 7) is 2.44. The quantitative estimate of drug-likeness (QED) is 0.830. The zero-order valence-corrected chi connectivity index (χ0v) is 12.4. The van der Waals surface area contributed by atoms with Gasteiger partial charge >= 0.3 is 0 Å². The van der Waals surface area contributed by atoms with Gasteiger partial charge in [-0.3, -0.25) is 9.78 Å². The van der Waals surface area contributed by atoms with Crippen LogP contribution in [0.4, 0.5) is 0 Å². The lowest BCUT2D eigenvalue weighted by Crippen LogP contribution is -2.36. The van der Waals surface area contributed by atoms with E-state index in [0.29, 0.717) is 12.4 Å². The van der Waals surface area contributed by atoms with Gasteiger partial charge in [0.1, 0.15) is 0 Å². The number of pyridine rings is 1. The Bertz CT molecular complexity index is 584. The van der Waals surface area contributed by atoms with Crippen LogP contribution in [0.1, 0.15) is 6.92 Å². The maximum atomic E-state index is 11.8. The molecule has 5 heteroatoms. The third-order valence-electron chi connectivity index (χ3n) is 2.78. The molecule has 106 valence electrons. The monoisotopic (exact) mass is 290 g/mol. The number of carbonyl (C=O) groups excluding carboxylic acids is 1. The van der Waals surface area contributed by atoms with E-state index in [1.807, 2.05) is 37.3 Å². The van der Waals surface area contributed by atoms with Gasteiger partial charge in [0, 0.05) is 29.6 Å². The number of rotatable bonds is 6. The van der Waals surface area contributed by atoms with Crippen LogP contribution in [-0.4, -0.2) is 36.4 Å². The van der Waals surface area contributed by atoms with Crippen LogP contribution in [0.25, 0.3) is 10.9 Å². The van der Waals surface area contributed by atoms with E-state index in [2.05, 4.69) is 10.3 Å². The Labute approximate surface area is 122 Å². The number of amides is 1. The Morgan fingerprint density at radius 1 is 1.40 bits per heavy atom. The van der Waals surface area contributed by atoms with Gasteiger partial charge in [-0.2, -0.15) is 0 Å². The first kappa shape index (κ1) is 14.8. The molecule has 1 N–H and O–H groups in total. The minimum atomic E-state index is 0.00693. The molecule has 0 aliphatic carbocycles. The van der Waals surface area contributed by atoms with Gasteiger partial charge in [0.25, 0.3) is 0 Å². The number of fused-ring (bicyclic) bond motifs is 1. The van der Waals surface area contributed by atoms with E-state index in [0.717, 1.165) is 15.8 Å². The minimum Gasteiger partial charge on any atom is -0.383 e. The van der Waals surface area contributed by atoms with Crippen LogP contribution in [-0.2, 0) is 9.53 Å². The first-order valence-corrected chi connectivity index (χ1v) is 7.44. The molecule has 0 radical (unpaired) electrons. The number of methoxy groups -OCH3 is 1. The molecule has 0 spiro atoms. The van der Waals surface area contributed by atoms with Crippen LogP contribution >= 0.6 is 11.8 Å². The van der Waals surface area contributed by atoms with E-state index in [-0.39, 0.29) is 11.9 Å². The van der Waals surface area contributed by atoms with Crippen molar-refractivity contribution in [1.29, 1.82) is 0 Å². The van der Waals surface area contributed by atoms with Crippen molar-refractivity contribution in [1.82, 2.24) is 10.3 Å². The predicted octanol–water partition coefficient (Wildman–Crippen LogP) is 2.48. The molecule has 1 heterocycles. The molecular formula is C15H18N2O2S. The maximum Gasteiger partial charge on any atom is 0.230 e. The van der Waals surface area contributed by atoms with Crippen molar-refractivity contribution >= 4 is 28.6 Å². The van der Waals surface area contributed by atoms with Gasteiger partial charge in [-0.25, -0.2) is 0 Å². The SMILES string of the molecule is COC[C@@H](C)NC(=O)CSc1cccc2cccnc12. The standard InChI is InChI=1S/C15H18N2O2S/c1-11(9-19-2)17-14(18)10-20-13-7-3-5-12-6-4-8-16-15(12)13/h3-8,11H,9-10H2,1-2H3,(H,17,18)/t11-/m1/s1. The van der Waals surface area contributed by atoms with Gasteiger partial charge in [-0.05, 0) is 19.1 Å². The number of ether oxygens (including phenoxy) is 1. The fourth-order valence-electron chi connectivity index (χ4n) is 1.94. The summed E-state index contributed by atoms with van der Waals surface area (Å²) in [5.41, 5.74) is 0.942. The summed E-state index contributed by atoms with van der Waals surface area (Å²) in [6, 6.07) is 9.96. The molecule has 0 saturated carbocycles. The van der Waals surface area contributed by atoms with Crippen LogP contribution in [0.15, 0.2) is 41.4 Å². The number of aromatic nitrogens is 1. The molecule has 0 saturated heterocycles. The third kappa shape index (κ3) is 3.95. The molecular weight excluding hydrogens is 272 g/mol. The van der Waals surface area contributed by atoms with Gasteiger partial charge < -0.3 is 10.1 Å². The van der Waals surface area contributed by atoms with Crippen molar-refractivity contribution < 1.29 is 9.53 Å². The van der Waals surface area contributed by atoms with Crippen molar-refractivity contribution in [2.24, 2.45) is 0 Å². The number of hydrogen-bond acceptors (Lipinski definition) is 4. The molecule has 2 aromatic rings. The Balaban J connectivity index is 1.97. The molecule has 2 rings (SSSR count). The highest BCUT2D eigenvalue weighted by molar-refractivity contribution is 8.00. The molecule has 0 unspecified atom stereocenters. The summed E-state index contributed by atoms with van der Waals surface area (Å²) in [5.74, 6) is 0.386. The topological polar surface area (TPSA) is 51.2 Å². The minimum absolute atomic E-state index is 0.00693. The zero-order chi connectivity index (χ0) is 14.4. The molecule has 0 fully saturated rings. The first-order chi connectivity index (χ1) is 9.70. The highest BCUT2D eigenvalue weighted by atomic mass is 32.2. The van der Waals surface area contributed by atoms with E-state index < -0.39 is 0 Å². The Morgan fingerprint density at radius 2 is 2.20 bits per heavy atom. The van der Waals surface area contributed by atoms with Gasteiger partial charge in [-0.15, -0.1) is 11.8 Å². The number of thioether (sulfide) groups is 1. The van der Waals surface area contributed by atoms with Crippen molar-refractivity contribution in [2.45, 2.75) is 17.9 Å². The number of carbonyl (C=O) groups is 1. The van der Waals surface area contributed by atoms with Gasteiger partial charge in [0.2, 0.25) is 5.91 Å². The Hall–Kier alpha value is -1.59. The van der Waals surface area contributed by atoms with Crippen LogP contribution in [0.2, 0.25) is 0 Å². The maximum absolute atomic E-state index is 11.8. The summed E-state index contributed by atoms with van der Waals surface area (Å²) in [4.78, 5) is 17.2. The van der Waals surface area contributed by atoms with Crippen molar-refractivity contribution in [3.8, 4) is 0 Å². The largest absolute Gasteiger partial charge is 0.383 e. The predicted molar refractivity (Wildman–Crippen MR) is 81.9 cm³/mol. The molecule has 0 aliphatic heterocycles. The summed E-state index contributed by atoms with van der Waals surface area (Å²) >= 11 is 1.50. The average Bonchev–Trinajstić information content (AvgIpc) is 2.45. The fraction of sp³-hybridized carbons (Fsp3) is 0.333. The molecule has 4 nitrogen and oxygen atoms in total. The van der Waals surface area contributed by atoms with Gasteiger partial charge in [0.05, 0.1) is 17.9 Å². The van der Waals surface area contributed by atoms with E-state index >= 15 is 0 Å². The second kappa shape index (κ2) is 7.26. The molecule has 1 atom stereocenters. The second-order valence-electron chi connectivity index (χ2n) is 4.54. The van der Waals surface area contributed by atoms with E-state index in [9.17, 15) is 4.79 Å². The summed E-state index contributed by atoms with van der Waals surface area (Å²) in [7, 11) is 1.62. The van der Waals surface area contributed by atoms with E-state index in [4.69, 9.17) is 4.74 Å². The number of benzene rings is 1. The Kier molecular flexibility index (Phi) is 5.38. The Morgan fingerprint density at radius 3 is 3.00 bits per heavy atom. The normalized spacial score (nSPS) is 12.3. The van der Waals surface area contributed by atoms with Crippen molar-refractivity contribution in [2.75, 3.05) is 19.5 Å². The lowest BCUT2D eigenvalue weighted by Gasteiger charge is -2.12. The molecule has 1 aromatic carbocycles. The lowest BCUT2D eigenvalue weighted by molar-refractivity contribution is -0.119. The highest BCUT2D eigenvalue weighted by Gasteiger charge is 2.09. The lowest BCUT2D eigenvalue weighted by atomic mass is 10.2. The smallest absolute Gasteiger partial charge is 0.230 e. The third-order valence-corrected chi connectivity index (χ3v) is 3.83. The van der Waals surface area contributed by atoms with E-state index in [1.165, 1.54) is 11.8 Å². The summed E-state index contributed by atoms with van der Waals surface area (Å²) < 4.78 is 4.99. The molecule has 1 aromatic heterocycles. The first-order valence-electron chi connectivity index (χ1n) is 6.45. The summed E-state index contributed by atoms with van der Waals surface area (Å²) in [5, 5.41) is 3.98. The molecule has 20 heavy (non-hydrogen) atoms. The number of nitrogens with one attached hydrogen (secondary N) is 1. The van der Waals surface area contributed by atoms with Crippen molar-refractivity contribution in [3.63, 3.8) is 0 Å². The van der Waals surface area contributed by atoms with Crippen LogP contribution in [0, 0.1) is 0 Å². The van der Waals surface area contributed by atoms with Gasteiger partial charge in [-0.1, -0.05) is 18.2 Å². The highest BCUT2D eigenvalue weighted by Crippen LogP contribution is 2.25. The number of nitrogens with zero attached hydrogens (tertiary/aromatic N) is 1. The number of hydrogen-bond donors (Lipinski definition) is 1. The second-order valence-corrected chi connectivity index (χ2v) is 5.56. The fourth-order valence-corrected chi connectivity index (χ4v) is 2.80. The molecule has 0 aliphatic rings. The van der Waals surface area contributed by atoms with E-state index in [1.54, 1.807) is 13.3 Å². The zero-order valence-electron chi connectivity index (χ0n) is 11.6. The van der Waals surface area contributed by atoms with Gasteiger partial charge in [0.15, 0.2) is 0 Å².